The van der Waals surface area contributed by atoms with Crippen LogP contribution in [0.25, 0.3) is 0 Å². The van der Waals surface area contributed by atoms with Gasteiger partial charge in [-0.1, -0.05) is 394 Å². The minimum atomic E-state index is -4.96. The molecule has 606 valence electrons. The molecular weight excluding hydrogens is 1330 g/mol. The molecule has 19 heteroatoms. The molecule has 0 amide bonds. The second kappa shape index (κ2) is 75.9. The maximum absolute atomic E-state index is 13.1. The molecule has 3 unspecified atom stereocenters. The SMILES string of the molecule is CCCCCCCCCCCCCCCCCCCCCCCCC(=O)OC[C@H](COP(=O)(O)OC[C@@H](O)COP(=O)(O)OC[C@@H](COC(=O)CCCCCCCCCC)OC(=O)CCCCCCCCC(C)CC)OC(=O)CCCCCCCCCCCCCCCCCCCCCCCC. The van der Waals surface area contributed by atoms with E-state index >= 15 is 0 Å². The molecule has 0 aromatic rings. The molecular formula is C83H162O17P2. The van der Waals surface area contributed by atoms with Gasteiger partial charge in [0.25, 0.3) is 0 Å². The highest BCUT2D eigenvalue weighted by Gasteiger charge is 2.30. The van der Waals surface area contributed by atoms with E-state index < -0.39 is 97.5 Å². The Morgan fingerprint density at radius 2 is 0.471 bits per heavy atom. The molecule has 0 aromatic heterocycles. The molecule has 3 N–H and O–H groups in total. The van der Waals surface area contributed by atoms with Gasteiger partial charge in [0, 0.05) is 25.7 Å². The number of unbranched alkanes of at least 4 members (excludes halogenated alkanes) is 54. The fourth-order valence-corrected chi connectivity index (χ4v) is 14.5. The first-order valence-electron chi connectivity index (χ1n) is 43.2. The summed E-state index contributed by atoms with van der Waals surface area (Å²) in [6.07, 6.45) is 68.6. The molecule has 0 aromatic carbocycles. The summed E-state index contributed by atoms with van der Waals surface area (Å²) < 4.78 is 68.6. The third-order valence-electron chi connectivity index (χ3n) is 19.9. The van der Waals surface area contributed by atoms with Crippen LogP contribution >= 0.6 is 15.6 Å². The molecule has 0 rings (SSSR count). The lowest BCUT2D eigenvalue weighted by Gasteiger charge is -2.21. The number of rotatable bonds is 83. The van der Waals surface area contributed by atoms with E-state index in [0.717, 1.165) is 102 Å². The van der Waals surface area contributed by atoms with Crippen molar-refractivity contribution in [3.63, 3.8) is 0 Å². The van der Waals surface area contributed by atoms with Gasteiger partial charge in [0.15, 0.2) is 12.2 Å². The third kappa shape index (κ3) is 74.9. The number of phosphoric acid groups is 2. The van der Waals surface area contributed by atoms with Gasteiger partial charge < -0.3 is 33.8 Å². The molecule has 0 bridgehead atoms. The van der Waals surface area contributed by atoms with E-state index in [1.54, 1.807) is 0 Å². The second-order valence-electron chi connectivity index (χ2n) is 30.1. The van der Waals surface area contributed by atoms with Gasteiger partial charge in [-0.25, -0.2) is 9.13 Å². The third-order valence-corrected chi connectivity index (χ3v) is 21.8. The van der Waals surface area contributed by atoms with Crippen molar-refractivity contribution in [1.82, 2.24) is 0 Å². The molecule has 0 aliphatic carbocycles. The van der Waals surface area contributed by atoms with E-state index in [-0.39, 0.29) is 25.7 Å². The highest BCUT2D eigenvalue weighted by atomic mass is 31.2. The summed E-state index contributed by atoms with van der Waals surface area (Å²) in [7, 11) is -9.91. The van der Waals surface area contributed by atoms with Gasteiger partial charge in [-0.05, 0) is 31.6 Å². The Balaban J connectivity index is 5.13. The quantitative estimate of drug-likeness (QED) is 0.0222. The summed E-state index contributed by atoms with van der Waals surface area (Å²) in [5, 5.41) is 10.6. The van der Waals surface area contributed by atoms with Crippen molar-refractivity contribution in [1.29, 1.82) is 0 Å². The Kier molecular flexibility index (Phi) is 74.4. The zero-order valence-corrected chi connectivity index (χ0v) is 68.5. The van der Waals surface area contributed by atoms with Crippen LogP contribution in [0.5, 0.6) is 0 Å². The summed E-state index contributed by atoms with van der Waals surface area (Å²) in [4.78, 5) is 72.9. The fourth-order valence-electron chi connectivity index (χ4n) is 12.9. The van der Waals surface area contributed by atoms with Crippen molar-refractivity contribution >= 4 is 39.5 Å². The standard InChI is InChI=1S/C83H162O17P2/c1-6-10-13-16-19-22-24-26-28-30-32-34-36-38-40-42-44-46-48-51-57-62-67-81(86)94-72-78(99-82(87)68-63-58-52-49-47-45-43-41-39-37-35-33-31-29-27-25-23-20-17-14-11-7-2)74-97-101(89,90)95-70-77(84)71-96-102(91,92)98-75-79(73-93-80(85)66-61-56-50-21-18-15-12-8-3)100-83(88)69-64-59-54-53-55-60-65-76(5)9-4/h76-79,84H,6-75H2,1-5H3,(H,89,90)(H,91,92)/t76?,77-,78-,79-/m1/s1. The molecule has 0 spiro atoms. The van der Waals surface area contributed by atoms with Crippen LogP contribution in [0.1, 0.15) is 446 Å². The monoisotopic (exact) mass is 1490 g/mol. The number of aliphatic hydroxyl groups is 1. The number of hydrogen-bond acceptors (Lipinski definition) is 15. The van der Waals surface area contributed by atoms with Gasteiger partial charge in [-0.3, -0.25) is 37.3 Å². The van der Waals surface area contributed by atoms with E-state index in [2.05, 4.69) is 34.6 Å². The van der Waals surface area contributed by atoms with Crippen LogP contribution < -0.4 is 0 Å². The first-order valence-corrected chi connectivity index (χ1v) is 46.2. The van der Waals surface area contributed by atoms with Crippen LogP contribution in [0.4, 0.5) is 0 Å². The summed E-state index contributed by atoms with van der Waals surface area (Å²) in [6.45, 7) is 7.24. The smallest absolute Gasteiger partial charge is 0.462 e. The summed E-state index contributed by atoms with van der Waals surface area (Å²) in [5.74, 6) is -1.39. The van der Waals surface area contributed by atoms with E-state index in [9.17, 15) is 43.2 Å². The molecule has 0 radical (unpaired) electrons. The van der Waals surface area contributed by atoms with Crippen LogP contribution in [0.2, 0.25) is 0 Å². The van der Waals surface area contributed by atoms with Crippen LogP contribution in [0.3, 0.4) is 0 Å². The topological polar surface area (TPSA) is 237 Å². The largest absolute Gasteiger partial charge is 0.472 e. The van der Waals surface area contributed by atoms with Crippen molar-refractivity contribution in [2.45, 2.75) is 464 Å². The zero-order chi connectivity index (χ0) is 74.8. The Hall–Kier alpha value is -1.94. The van der Waals surface area contributed by atoms with Gasteiger partial charge >= 0.3 is 39.5 Å². The minimum absolute atomic E-state index is 0.103. The molecule has 0 heterocycles. The second-order valence-corrected chi connectivity index (χ2v) is 33.0. The summed E-state index contributed by atoms with van der Waals surface area (Å²) in [5.41, 5.74) is 0. The zero-order valence-electron chi connectivity index (χ0n) is 66.8. The highest BCUT2D eigenvalue weighted by Crippen LogP contribution is 2.45. The van der Waals surface area contributed by atoms with Crippen LogP contribution in [0.15, 0.2) is 0 Å². The van der Waals surface area contributed by atoms with Gasteiger partial charge in [0.05, 0.1) is 26.4 Å². The van der Waals surface area contributed by atoms with Crippen molar-refractivity contribution < 1.29 is 80.2 Å². The average molecular weight is 1490 g/mol. The molecule has 0 aliphatic rings. The molecule has 0 aliphatic heterocycles. The van der Waals surface area contributed by atoms with Crippen molar-refractivity contribution in [3.05, 3.63) is 0 Å². The summed E-state index contributed by atoms with van der Waals surface area (Å²) in [6, 6.07) is 0. The van der Waals surface area contributed by atoms with E-state index in [0.29, 0.717) is 25.7 Å². The van der Waals surface area contributed by atoms with Crippen molar-refractivity contribution in [2.24, 2.45) is 5.92 Å². The highest BCUT2D eigenvalue weighted by molar-refractivity contribution is 7.47. The number of carbonyl (C=O) groups is 4. The molecule has 0 saturated heterocycles. The molecule has 0 saturated carbocycles. The maximum Gasteiger partial charge on any atom is 0.472 e. The number of hydrogen-bond donors (Lipinski definition) is 3. The molecule has 6 atom stereocenters. The van der Waals surface area contributed by atoms with E-state index in [1.165, 1.54) is 263 Å². The van der Waals surface area contributed by atoms with Gasteiger partial charge in [-0.15, -0.1) is 0 Å². The van der Waals surface area contributed by atoms with Gasteiger partial charge in [-0.2, -0.15) is 0 Å². The Morgan fingerprint density at radius 1 is 0.275 bits per heavy atom. The first-order chi connectivity index (χ1) is 49.6. The first kappa shape index (κ1) is 100. The summed E-state index contributed by atoms with van der Waals surface area (Å²) >= 11 is 0. The lowest BCUT2D eigenvalue weighted by molar-refractivity contribution is -0.161. The predicted octanol–water partition coefficient (Wildman–Crippen LogP) is 25.2. The maximum atomic E-state index is 13.1. The van der Waals surface area contributed by atoms with Crippen LogP contribution in [-0.4, -0.2) is 96.7 Å². The van der Waals surface area contributed by atoms with Gasteiger partial charge in [0.2, 0.25) is 0 Å². The lowest BCUT2D eigenvalue weighted by Crippen LogP contribution is -2.30. The predicted molar refractivity (Wildman–Crippen MR) is 418 cm³/mol. The molecule has 102 heavy (non-hydrogen) atoms. The average Bonchev–Trinajstić information content (AvgIpc) is 0.913. The van der Waals surface area contributed by atoms with Gasteiger partial charge in [0.1, 0.15) is 19.3 Å². The van der Waals surface area contributed by atoms with Crippen LogP contribution in [-0.2, 0) is 65.4 Å². The Bertz CT molecular complexity index is 1950. The Labute approximate surface area is 626 Å². The Morgan fingerprint density at radius 3 is 0.696 bits per heavy atom. The number of aliphatic hydroxyl groups excluding tert-OH is 1. The molecule has 0 fully saturated rings. The number of ether oxygens (including phenoxy) is 4. The number of carbonyl (C=O) groups excluding carboxylic acids is 4. The molecule has 17 nitrogen and oxygen atoms in total. The van der Waals surface area contributed by atoms with E-state index in [4.69, 9.17) is 37.0 Å². The van der Waals surface area contributed by atoms with Crippen molar-refractivity contribution in [2.75, 3.05) is 39.6 Å². The van der Waals surface area contributed by atoms with Crippen LogP contribution in [0, 0.1) is 5.92 Å². The van der Waals surface area contributed by atoms with Crippen molar-refractivity contribution in [3.8, 4) is 0 Å². The minimum Gasteiger partial charge on any atom is -0.462 e. The number of esters is 4. The normalized spacial score (nSPS) is 14.1. The fraction of sp³-hybridized carbons (Fsp3) is 0.952. The lowest BCUT2D eigenvalue weighted by atomic mass is 10.00. The van der Waals surface area contributed by atoms with E-state index in [1.807, 2.05) is 0 Å². The number of phosphoric ester groups is 2.